The van der Waals surface area contributed by atoms with Gasteiger partial charge < -0.3 is 5.32 Å². The Morgan fingerprint density at radius 2 is 1.30 bits per heavy atom. The summed E-state index contributed by atoms with van der Waals surface area (Å²) in [5.41, 5.74) is 6.81. The number of amidine groups is 1. The first-order valence-electron chi connectivity index (χ1n) is 7.59. The molecule has 0 aliphatic carbocycles. The molecule has 0 saturated heterocycles. The molecule has 0 fully saturated rings. The second kappa shape index (κ2) is 6.65. The smallest absolute Gasteiger partial charge is 0.307 e. The predicted octanol–water partition coefficient (Wildman–Crippen LogP) is 4.38. The quantitative estimate of drug-likeness (QED) is 0.559. The standard InChI is InChI=1S/C19H23N3O/c1-11-6-12(2)10-16(9-11)18(20)22-19(23)21-17-14(4)7-13(3)8-15(17)5/h6-10H,1-5H3,(H3,20,21,22,23). The number of anilines is 1. The largest absolute Gasteiger partial charge is 0.324 e. The second-order valence-electron chi connectivity index (χ2n) is 6.10. The van der Waals surface area contributed by atoms with Crippen LogP contribution in [-0.4, -0.2) is 11.9 Å². The highest BCUT2D eigenvalue weighted by atomic mass is 16.2. The van der Waals surface area contributed by atoms with Crippen LogP contribution < -0.4 is 10.6 Å². The molecule has 0 unspecified atom stereocenters. The van der Waals surface area contributed by atoms with Gasteiger partial charge in [0.1, 0.15) is 5.84 Å². The fraction of sp³-hybridized carbons (Fsp3) is 0.263. The molecular weight excluding hydrogens is 286 g/mol. The number of hydrogen-bond acceptors (Lipinski definition) is 2. The van der Waals surface area contributed by atoms with E-state index in [1.165, 1.54) is 0 Å². The molecule has 0 spiro atoms. The van der Waals surface area contributed by atoms with Crippen LogP contribution in [0.25, 0.3) is 0 Å². The third-order valence-corrected chi connectivity index (χ3v) is 3.66. The molecule has 0 atom stereocenters. The Labute approximate surface area is 137 Å². The van der Waals surface area contributed by atoms with Crippen LogP contribution in [0.15, 0.2) is 30.3 Å². The summed E-state index contributed by atoms with van der Waals surface area (Å²) in [7, 11) is 0. The number of rotatable bonds is 2. The van der Waals surface area contributed by atoms with Crippen LogP contribution >= 0.6 is 0 Å². The van der Waals surface area contributed by atoms with Gasteiger partial charge in [-0.1, -0.05) is 34.9 Å². The molecule has 2 amide bonds. The molecule has 0 saturated carbocycles. The Balaban J connectivity index is 2.12. The van der Waals surface area contributed by atoms with Gasteiger partial charge in [0.15, 0.2) is 0 Å². The lowest BCUT2D eigenvalue weighted by Gasteiger charge is -2.14. The maximum atomic E-state index is 12.2. The summed E-state index contributed by atoms with van der Waals surface area (Å²) >= 11 is 0. The normalized spacial score (nSPS) is 10.3. The van der Waals surface area contributed by atoms with Crippen molar-refractivity contribution in [3.05, 3.63) is 63.7 Å². The summed E-state index contributed by atoms with van der Waals surface area (Å²) in [4.78, 5) is 12.2. The molecule has 0 heterocycles. The molecule has 2 aromatic rings. The second-order valence-corrected chi connectivity index (χ2v) is 6.10. The summed E-state index contributed by atoms with van der Waals surface area (Å²) in [5, 5.41) is 13.5. The van der Waals surface area contributed by atoms with E-state index in [2.05, 4.69) is 10.6 Å². The van der Waals surface area contributed by atoms with Crippen molar-refractivity contribution in [3.63, 3.8) is 0 Å². The maximum absolute atomic E-state index is 12.2. The van der Waals surface area contributed by atoms with E-state index in [1.54, 1.807) is 0 Å². The fourth-order valence-corrected chi connectivity index (χ4v) is 2.83. The van der Waals surface area contributed by atoms with Gasteiger partial charge in [0.25, 0.3) is 0 Å². The molecule has 23 heavy (non-hydrogen) atoms. The minimum absolute atomic E-state index is 0.0942. The minimum atomic E-state index is -0.399. The van der Waals surface area contributed by atoms with Crippen molar-refractivity contribution in [2.24, 2.45) is 0 Å². The maximum Gasteiger partial charge on any atom is 0.324 e. The minimum Gasteiger partial charge on any atom is -0.307 e. The van der Waals surface area contributed by atoms with Gasteiger partial charge in [-0.15, -0.1) is 0 Å². The first-order chi connectivity index (χ1) is 10.8. The summed E-state index contributed by atoms with van der Waals surface area (Å²) in [6.07, 6.45) is 0. The first-order valence-corrected chi connectivity index (χ1v) is 7.59. The molecule has 0 aliphatic rings. The number of urea groups is 1. The van der Waals surface area contributed by atoms with Crippen molar-refractivity contribution >= 4 is 17.6 Å². The third-order valence-electron chi connectivity index (χ3n) is 3.66. The van der Waals surface area contributed by atoms with Crippen LogP contribution in [0.3, 0.4) is 0 Å². The zero-order valence-corrected chi connectivity index (χ0v) is 14.3. The van der Waals surface area contributed by atoms with Crippen LogP contribution in [0.1, 0.15) is 33.4 Å². The van der Waals surface area contributed by atoms with Gasteiger partial charge in [-0.3, -0.25) is 10.7 Å². The predicted molar refractivity (Wildman–Crippen MR) is 95.6 cm³/mol. The number of hydrogen-bond donors (Lipinski definition) is 3. The zero-order valence-electron chi connectivity index (χ0n) is 14.3. The highest BCUT2D eigenvalue weighted by molar-refractivity contribution is 6.09. The summed E-state index contributed by atoms with van der Waals surface area (Å²) < 4.78 is 0. The van der Waals surface area contributed by atoms with Crippen molar-refractivity contribution in [2.45, 2.75) is 34.6 Å². The van der Waals surface area contributed by atoms with Gasteiger partial charge in [-0.2, -0.15) is 0 Å². The van der Waals surface area contributed by atoms with Gasteiger partial charge >= 0.3 is 6.03 Å². The van der Waals surface area contributed by atoms with Crippen molar-refractivity contribution in [1.29, 1.82) is 5.41 Å². The first kappa shape index (κ1) is 16.7. The van der Waals surface area contributed by atoms with Crippen LogP contribution in [0.2, 0.25) is 0 Å². The Morgan fingerprint density at radius 3 is 1.83 bits per heavy atom. The van der Waals surface area contributed by atoms with Crippen molar-refractivity contribution in [2.75, 3.05) is 5.32 Å². The lowest BCUT2D eigenvalue weighted by molar-refractivity contribution is 0.256. The number of benzene rings is 2. The van der Waals surface area contributed by atoms with E-state index >= 15 is 0 Å². The van der Waals surface area contributed by atoms with E-state index in [4.69, 9.17) is 5.41 Å². The molecule has 0 aliphatic heterocycles. The number of amides is 2. The van der Waals surface area contributed by atoms with Crippen molar-refractivity contribution in [1.82, 2.24) is 5.32 Å². The SMILES string of the molecule is Cc1cc(C)cc(C(=N)NC(=O)Nc2c(C)cc(C)cc2C)c1. The van der Waals surface area contributed by atoms with E-state index in [9.17, 15) is 4.79 Å². The Morgan fingerprint density at radius 1 is 0.826 bits per heavy atom. The third kappa shape index (κ3) is 4.19. The van der Waals surface area contributed by atoms with Gasteiger partial charge in [0, 0.05) is 11.3 Å². The molecule has 4 heteroatoms. The molecular formula is C19H23N3O. The number of aryl methyl sites for hydroxylation is 5. The zero-order chi connectivity index (χ0) is 17.1. The van der Waals surface area contributed by atoms with E-state index in [1.807, 2.05) is 65.0 Å². The number of carbonyl (C=O) groups excluding carboxylic acids is 1. The highest BCUT2D eigenvalue weighted by Gasteiger charge is 2.11. The summed E-state index contributed by atoms with van der Waals surface area (Å²) in [6, 6.07) is 9.46. The van der Waals surface area contributed by atoms with Crippen LogP contribution in [0, 0.1) is 40.0 Å². The van der Waals surface area contributed by atoms with E-state index in [-0.39, 0.29) is 5.84 Å². The number of carbonyl (C=O) groups is 1. The number of nitrogens with one attached hydrogen (secondary N) is 3. The Hall–Kier alpha value is -2.62. The Bertz CT molecular complexity index is 735. The van der Waals surface area contributed by atoms with Crippen LogP contribution in [-0.2, 0) is 0 Å². The van der Waals surface area contributed by atoms with Gasteiger partial charge in [-0.05, 0) is 57.9 Å². The molecule has 120 valence electrons. The average molecular weight is 309 g/mol. The van der Waals surface area contributed by atoms with Gasteiger partial charge in [0.05, 0.1) is 0 Å². The van der Waals surface area contributed by atoms with E-state index in [0.717, 1.165) is 33.5 Å². The molecule has 2 rings (SSSR count). The lowest BCUT2D eigenvalue weighted by Crippen LogP contribution is -2.34. The highest BCUT2D eigenvalue weighted by Crippen LogP contribution is 2.21. The topological polar surface area (TPSA) is 65.0 Å². The van der Waals surface area contributed by atoms with Gasteiger partial charge in [0.2, 0.25) is 0 Å². The molecule has 4 nitrogen and oxygen atoms in total. The molecule has 0 bridgehead atoms. The molecule has 0 aromatic heterocycles. The molecule has 2 aromatic carbocycles. The summed E-state index contributed by atoms with van der Waals surface area (Å²) in [6.45, 7) is 9.90. The van der Waals surface area contributed by atoms with Crippen molar-refractivity contribution < 1.29 is 4.79 Å². The summed E-state index contributed by atoms with van der Waals surface area (Å²) in [5.74, 6) is 0.0942. The van der Waals surface area contributed by atoms with Gasteiger partial charge in [-0.25, -0.2) is 4.79 Å². The van der Waals surface area contributed by atoms with Crippen LogP contribution in [0.5, 0.6) is 0 Å². The fourth-order valence-electron chi connectivity index (χ4n) is 2.83. The molecule has 3 N–H and O–H groups in total. The Kier molecular flexibility index (Phi) is 4.84. The van der Waals surface area contributed by atoms with E-state index in [0.29, 0.717) is 5.56 Å². The van der Waals surface area contributed by atoms with Crippen molar-refractivity contribution in [3.8, 4) is 0 Å². The van der Waals surface area contributed by atoms with Crippen LogP contribution in [0.4, 0.5) is 10.5 Å². The van der Waals surface area contributed by atoms with E-state index < -0.39 is 6.03 Å². The molecule has 0 radical (unpaired) electrons. The monoisotopic (exact) mass is 309 g/mol. The lowest BCUT2D eigenvalue weighted by atomic mass is 10.1. The average Bonchev–Trinajstić information content (AvgIpc) is 2.41.